The molecule has 1 aromatic heterocycles. The minimum Gasteiger partial charge on any atom is -0.370 e. The summed E-state index contributed by atoms with van der Waals surface area (Å²) in [6.07, 6.45) is 5.64. The second kappa shape index (κ2) is 8.67. The van der Waals surface area contributed by atoms with E-state index < -0.39 is 0 Å². The van der Waals surface area contributed by atoms with Gasteiger partial charge in [0.1, 0.15) is 0 Å². The first-order valence-electron chi connectivity index (χ1n) is 9.18. The van der Waals surface area contributed by atoms with Gasteiger partial charge in [0.05, 0.1) is 0 Å². The number of nitrogens with zero attached hydrogens (tertiary/aromatic N) is 5. The molecule has 6 nitrogen and oxygen atoms in total. The number of thiazole rings is 1. The monoisotopic (exact) mass is 350 g/mol. The quantitative estimate of drug-likeness (QED) is 0.647. The van der Waals surface area contributed by atoms with Crippen molar-refractivity contribution >= 4 is 22.4 Å². The molecule has 2 aliphatic heterocycles. The highest BCUT2D eigenvalue weighted by Gasteiger charge is 2.21. The Balaban J connectivity index is 1.40. The van der Waals surface area contributed by atoms with Gasteiger partial charge in [-0.25, -0.2) is 4.98 Å². The third-order valence-corrected chi connectivity index (χ3v) is 5.88. The lowest BCUT2D eigenvalue weighted by Gasteiger charge is -2.35. The molecule has 0 radical (unpaired) electrons. The summed E-state index contributed by atoms with van der Waals surface area (Å²) in [5.41, 5.74) is 6.24. The molecule has 2 fully saturated rings. The Morgan fingerprint density at radius 3 is 2.62 bits per heavy atom. The summed E-state index contributed by atoms with van der Waals surface area (Å²) in [6.45, 7) is 10.6. The standard InChI is InChI=1S/C17H30N6S/c1-2-6-21-7-3-15(4-8-21)14-20-16(18)22-9-11-23(12-10-22)17-19-5-13-24-17/h5,13,15H,2-4,6-12,14H2,1H3,(H2,18,20). The van der Waals surface area contributed by atoms with E-state index in [0.717, 1.165) is 43.8 Å². The Kier molecular flexibility index (Phi) is 6.31. The average molecular weight is 351 g/mol. The number of nitrogens with two attached hydrogens (primary N) is 1. The van der Waals surface area contributed by atoms with Crippen LogP contribution in [-0.2, 0) is 0 Å². The number of aliphatic imine (C=N–C) groups is 1. The van der Waals surface area contributed by atoms with Crippen molar-refractivity contribution in [1.29, 1.82) is 0 Å². The van der Waals surface area contributed by atoms with Gasteiger partial charge in [-0.3, -0.25) is 4.99 Å². The summed E-state index contributed by atoms with van der Waals surface area (Å²) in [5.74, 6) is 1.43. The minimum absolute atomic E-state index is 0.702. The van der Waals surface area contributed by atoms with Crippen molar-refractivity contribution in [2.75, 3.05) is 57.3 Å². The van der Waals surface area contributed by atoms with Crippen molar-refractivity contribution in [1.82, 2.24) is 14.8 Å². The van der Waals surface area contributed by atoms with Crippen LogP contribution in [0, 0.1) is 5.92 Å². The van der Waals surface area contributed by atoms with Crippen LogP contribution in [-0.4, -0.2) is 73.1 Å². The van der Waals surface area contributed by atoms with Gasteiger partial charge in [-0.15, -0.1) is 11.3 Å². The Morgan fingerprint density at radius 2 is 2.00 bits per heavy atom. The first kappa shape index (κ1) is 17.5. The third-order valence-electron chi connectivity index (χ3n) is 5.05. The molecule has 0 amide bonds. The van der Waals surface area contributed by atoms with Crippen LogP contribution in [0.15, 0.2) is 16.6 Å². The lowest BCUT2D eigenvalue weighted by molar-refractivity contribution is 0.188. The number of piperazine rings is 1. The Labute approximate surface area is 149 Å². The SMILES string of the molecule is CCCN1CCC(CN=C(N)N2CCN(c3nccs3)CC2)CC1. The molecular formula is C17H30N6S. The van der Waals surface area contributed by atoms with Gasteiger partial charge >= 0.3 is 0 Å². The normalized spacial score (nSPS) is 21.5. The predicted octanol–water partition coefficient (Wildman–Crippen LogP) is 1.70. The molecule has 2 aliphatic rings. The van der Waals surface area contributed by atoms with Gasteiger partial charge in [0.25, 0.3) is 0 Å². The van der Waals surface area contributed by atoms with Gasteiger partial charge in [-0.1, -0.05) is 6.92 Å². The van der Waals surface area contributed by atoms with Crippen molar-refractivity contribution in [3.05, 3.63) is 11.6 Å². The van der Waals surface area contributed by atoms with Crippen molar-refractivity contribution < 1.29 is 0 Å². The van der Waals surface area contributed by atoms with Gasteiger partial charge in [-0.2, -0.15) is 0 Å². The number of aromatic nitrogens is 1. The lowest BCUT2D eigenvalue weighted by atomic mass is 9.97. The molecule has 2 N–H and O–H groups in total. The number of piperidine rings is 1. The number of hydrogen-bond donors (Lipinski definition) is 1. The van der Waals surface area contributed by atoms with Crippen molar-refractivity contribution in [2.24, 2.45) is 16.6 Å². The van der Waals surface area contributed by atoms with Crippen LogP contribution in [0.2, 0.25) is 0 Å². The fourth-order valence-corrected chi connectivity index (χ4v) is 4.23. The van der Waals surface area contributed by atoms with E-state index in [4.69, 9.17) is 10.7 Å². The van der Waals surface area contributed by atoms with Gasteiger partial charge < -0.3 is 20.4 Å². The molecule has 7 heteroatoms. The van der Waals surface area contributed by atoms with Crippen molar-refractivity contribution in [3.63, 3.8) is 0 Å². The highest BCUT2D eigenvalue weighted by atomic mass is 32.1. The van der Waals surface area contributed by atoms with Crippen LogP contribution in [0.4, 0.5) is 5.13 Å². The molecule has 134 valence electrons. The van der Waals surface area contributed by atoms with Crippen LogP contribution < -0.4 is 10.6 Å². The maximum absolute atomic E-state index is 6.24. The van der Waals surface area contributed by atoms with E-state index in [1.165, 1.54) is 38.9 Å². The fraction of sp³-hybridized carbons (Fsp3) is 0.765. The van der Waals surface area contributed by atoms with Gasteiger partial charge in [0.2, 0.25) is 0 Å². The van der Waals surface area contributed by atoms with Crippen LogP contribution in [0.1, 0.15) is 26.2 Å². The number of likely N-dealkylation sites (tertiary alicyclic amines) is 1. The summed E-state index contributed by atoms with van der Waals surface area (Å²) < 4.78 is 0. The number of rotatable bonds is 5. The first-order valence-corrected chi connectivity index (χ1v) is 10.1. The van der Waals surface area contributed by atoms with E-state index in [9.17, 15) is 0 Å². The zero-order chi connectivity index (χ0) is 16.8. The maximum Gasteiger partial charge on any atom is 0.191 e. The molecule has 24 heavy (non-hydrogen) atoms. The van der Waals surface area contributed by atoms with E-state index in [0.29, 0.717) is 5.92 Å². The molecule has 0 bridgehead atoms. The molecule has 0 aliphatic carbocycles. The van der Waals surface area contributed by atoms with Crippen LogP contribution in [0.25, 0.3) is 0 Å². The minimum atomic E-state index is 0.702. The largest absolute Gasteiger partial charge is 0.370 e. The lowest BCUT2D eigenvalue weighted by Crippen LogP contribution is -2.51. The highest BCUT2D eigenvalue weighted by Crippen LogP contribution is 2.19. The van der Waals surface area contributed by atoms with E-state index in [-0.39, 0.29) is 0 Å². The summed E-state index contributed by atoms with van der Waals surface area (Å²) in [7, 11) is 0. The van der Waals surface area contributed by atoms with Gasteiger partial charge in [-0.05, 0) is 44.8 Å². The van der Waals surface area contributed by atoms with Gasteiger partial charge in [0.15, 0.2) is 11.1 Å². The van der Waals surface area contributed by atoms with E-state index in [1.54, 1.807) is 11.3 Å². The third kappa shape index (κ3) is 4.60. The molecule has 1 aromatic rings. The topological polar surface area (TPSA) is 61.0 Å². The second-order valence-corrected chi connectivity index (χ2v) is 7.65. The summed E-state index contributed by atoms with van der Waals surface area (Å²) in [6, 6.07) is 0. The van der Waals surface area contributed by atoms with E-state index >= 15 is 0 Å². The molecule has 3 rings (SSSR count). The van der Waals surface area contributed by atoms with Gasteiger partial charge in [0, 0.05) is 44.3 Å². The second-order valence-electron chi connectivity index (χ2n) is 6.77. The van der Waals surface area contributed by atoms with Crippen molar-refractivity contribution in [3.8, 4) is 0 Å². The number of hydrogen-bond acceptors (Lipinski definition) is 5. The maximum atomic E-state index is 6.24. The molecule has 0 aromatic carbocycles. The zero-order valence-electron chi connectivity index (χ0n) is 14.7. The molecule has 0 saturated carbocycles. The predicted molar refractivity (Wildman–Crippen MR) is 102 cm³/mol. The fourth-order valence-electron chi connectivity index (χ4n) is 3.53. The molecule has 2 saturated heterocycles. The Morgan fingerprint density at radius 1 is 1.25 bits per heavy atom. The van der Waals surface area contributed by atoms with E-state index in [1.807, 2.05) is 11.6 Å². The smallest absolute Gasteiger partial charge is 0.191 e. The van der Waals surface area contributed by atoms with Crippen LogP contribution >= 0.6 is 11.3 Å². The molecule has 0 atom stereocenters. The number of anilines is 1. The molecule has 0 unspecified atom stereocenters. The Hall–Kier alpha value is -1.34. The van der Waals surface area contributed by atoms with Crippen LogP contribution in [0.5, 0.6) is 0 Å². The summed E-state index contributed by atoms with van der Waals surface area (Å²) >= 11 is 1.70. The van der Waals surface area contributed by atoms with Crippen molar-refractivity contribution in [2.45, 2.75) is 26.2 Å². The molecule has 0 spiro atoms. The summed E-state index contributed by atoms with van der Waals surface area (Å²) in [5, 5.41) is 3.15. The molecular weight excluding hydrogens is 320 g/mol. The average Bonchev–Trinajstić information content (AvgIpc) is 3.16. The first-order chi connectivity index (χ1) is 11.8. The Bertz CT molecular complexity index is 501. The summed E-state index contributed by atoms with van der Waals surface area (Å²) in [4.78, 5) is 16.2. The number of guanidine groups is 1. The molecule has 3 heterocycles. The zero-order valence-corrected chi connectivity index (χ0v) is 15.5. The van der Waals surface area contributed by atoms with E-state index in [2.05, 4.69) is 26.6 Å². The van der Waals surface area contributed by atoms with Crippen LogP contribution in [0.3, 0.4) is 0 Å². The highest BCUT2D eigenvalue weighted by molar-refractivity contribution is 7.13.